The number of hydrazone groups is 1. The Morgan fingerprint density at radius 1 is 0.852 bits per heavy atom. The number of nitro benzene ring substituents is 1. The molecule has 0 saturated carbocycles. The van der Waals surface area contributed by atoms with Crippen molar-refractivity contribution in [2.24, 2.45) is 5.10 Å². The van der Waals surface area contributed by atoms with Crippen molar-refractivity contribution in [2.75, 3.05) is 15.2 Å². The summed E-state index contributed by atoms with van der Waals surface area (Å²) in [6.07, 6.45) is 3.00. The van der Waals surface area contributed by atoms with Gasteiger partial charge in [-0.15, -0.1) is 10.2 Å². The van der Waals surface area contributed by atoms with E-state index in [0.29, 0.717) is 0 Å². The van der Waals surface area contributed by atoms with Crippen LogP contribution in [0.1, 0.15) is 0 Å². The van der Waals surface area contributed by atoms with Crippen molar-refractivity contribution < 1.29 is 4.92 Å². The molecule has 0 radical (unpaired) electrons. The molecule has 0 aliphatic carbocycles. The van der Waals surface area contributed by atoms with Gasteiger partial charge in [-0.2, -0.15) is 0 Å². The summed E-state index contributed by atoms with van der Waals surface area (Å²) in [7, 11) is 0. The number of anilines is 3. The van der Waals surface area contributed by atoms with Crippen molar-refractivity contribution in [1.82, 2.24) is 0 Å². The second kappa shape index (κ2) is 7.18. The third-order valence-electron chi connectivity index (χ3n) is 3.95. The predicted molar refractivity (Wildman–Crippen MR) is 114 cm³/mol. The molecular weight excluding hydrogens is 457 g/mol. The van der Waals surface area contributed by atoms with E-state index in [-0.39, 0.29) is 5.69 Å². The third-order valence-corrected chi connectivity index (χ3v) is 4.67. The molecule has 0 unspecified atom stereocenters. The van der Waals surface area contributed by atoms with Gasteiger partial charge in [-0.3, -0.25) is 10.1 Å². The van der Waals surface area contributed by atoms with Crippen LogP contribution in [0.2, 0.25) is 0 Å². The summed E-state index contributed by atoms with van der Waals surface area (Å²) >= 11 is 2.25. The molecule has 0 amide bonds. The fraction of sp³-hybridized carbons (Fsp3) is 0. The highest BCUT2D eigenvalue weighted by Gasteiger charge is 2.38. The summed E-state index contributed by atoms with van der Waals surface area (Å²) in [5, 5.41) is 20.7. The number of benzene rings is 3. The molecule has 0 N–H and O–H groups in total. The zero-order valence-corrected chi connectivity index (χ0v) is 16.1. The van der Waals surface area contributed by atoms with Gasteiger partial charge in [-0.05, 0) is 76.1 Å². The first kappa shape index (κ1) is 17.2. The van der Waals surface area contributed by atoms with Crippen LogP contribution in [0.25, 0.3) is 0 Å². The van der Waals surface area contributed by atoms with Gasteiger partial charge in [0.1, 0.15) is 0 Å². The van der Waals surface area contributed by atoms with Crippen LogP contribution in [0.3, 0.4) is 0 Å². The number of non-ortho nitro benzene ring substituents is 1. The van der Waals surface area contributed by atoms with E-state index in [9.17, 15) is 10.1 Å². The van der Waals surface area contributed by atoms with E-state index in [1.807, 2.05) is 54.6 Å². The number of halogens is 1. The molecule has 0 spiro atoms. The maximum Gasteiger partial charge on any atom is 0.368 e. The molecule has 0 bridgehead atoms. The van der Waals surface area contributed by atoms with Gasteiger partial charge in [-0.1, -0.05) is 6.07 Å². The molecule has 0 atom stereocenters. The van der Waals surface area contributed by atoms with Crippen molar-refractivity contribution >= 4 is 51.7 Å². The number of para-hydroxylation sites is 1. The Labute approximate surface area is 169 Å². The van der Waals surface area contributed by atoms with Crippen molar-refractivity contribution in [3.63, 3.8) is 0 Å². The summed E-state index contributed by atoms with van der Waals surface area (Å²) in [5.74, 6) is 0. The van der Waals surface area contributed by atoms with Crippen molar-refractivity contribution in [1.29, 1.82) is 0 Å². The Balaban J connectivity index is 1.76. The van der Waals surface area contributed by atoms with E-state index >= 15 is 0 Å². The first-order valence-electron chi connectivity index (χ1n) is 8.05. The average Bonchev–Trinajstić information content (AvgIpc) is 3.14. The number of hydrazine groups is 2. The zero-order chi connectivity index (χ0) is 18.8. The standard InChI is InChI=1S/C19H13IN5O2/c20-15-6-8-17(9-7-15)23-21-14-22(16-4-2-1-3-5-16)24(23)18-10-12-19(13-11-18)25(26)27/h1-13H/q+1. The van der Waals surface area contributed by atoms with Crippen LogP contribution in [0.15, 0.2) is 84.0 Å². The Morgan fingerprint density at radius 3 is 2.11 bits per heavy atom. The summed E-state index contributed by atoms with van der Waals surface area (Å²) in [4.78, 5) is 10.6. The van der Waals surface area contributed by atoms with E-state index in [4.69, 9.17) is 0 Å². The highest BCUT2D eigenvalue weighted by Crippen LogP contribution is 2.32. The smallest absolute Gasteiger partial charge is 0.258 e. The van der Waals surface area contributed by atoms with Crippen LogP contribution in [-0.4, -0.2) is 11.3 Å². The van der Waals surface area contributed by atoms with Crippen molar-refractivity contribution in [3.8, 4) is 0 Å². The quantitative estimate of drug-likeness (QED) is 0.240. The minimum Gasteiger partial charge on any atom is -0.258 e. The van der Waals surface area contributed by atoms with Gasteiger partial charge in [0.25, 0.3) is 5.69 Å². The second-order valence-electron chi connectivity index (χ2n) is 5.68. The molecule has 0 fully saturated rings. The largest absolute Gasteiger partial charge is 0.368 e. The lowest BCUT2D eigenvalue weighted by molar-refractivity contribution is -0.384. The Bertz CT molecular complexity index is 977. The van der Waals surface area contributed by atoms with Gasteiger partial charge in [0.05, 0.1) is 16.3 Å². The molecule has 7 nitrogen and oxygen atoms in total. The van der Waals surface area contributed by atoms with Crippen molar-refractivity contribution in [2.45, 2.75) is 0 Å². The van der Waals surface area contributed by atoms with E-state index in [1.54, 1.807) is 27.4 Å². The Kier molecular flexibility index (Phi) is 4.57. The molecule has 1 heterocycles. The summed E-state index contributed by atoms with van der Waals surface area (Å²) in [6.45, 7) is 0. The molecule has 8 heteroatoms. The molecule has 3 aromatic rings. The van der Waals surface area contributed by atoms with Crippen LogP contribution >= 0.6 is 22.6 Å². The van der Waals surface area contributed by atoms with E-state index in [1.165, 1.54) is 12.1 Å². The summed E-state index contributed by atoms with van der Waals surface area (Å²) < 4.78 is 1.12. The maximum atomic E-state index is 11.0. The van der Waals surface area contributed by atoms with Crippen LogP contribution in [0.5, 0.6) is 0 Å². The monoisotopic (exact) mass is 470 g/mol. The number of rotatable bonds is 4. The molecular formula is C19H13IN5O2+. The van der Waals surface area contributed by atoms with E-state index in [2.05, 4.69) is 34.0 Å². The van der Waals surface area contributed by atoms with E-state index < -0.39 is 4.92 Å². The minimum absolute atomic E-state index is 0.0370. The highest BCUT2D eigenvalue weighted by atomic mass is 127. The van der Waals surface area contributed by atoms with Crippen LogP contribution in [-0.2, 0) is 0 Å². The predicted octanol–water partition coefficient (Wildman–Crippen LogP) is 4.68. The highest BCUT2D eigenvalue weighted by molar-refractivity contribution is 14.1. The number of hydrogen-bond acceptors (Lipinski definition) is 6. The maximum absolute atomic E-state index is 11.0. The third kappa shape index (κ3) is 3.40. The van der Waals surface area contributed by atoms with Crippen molar-refractivity contribution in [3.05, 3.63) is 92.5 Å². The lowest BCUT2D eigenvalue weighted by Gasteiger charge is -2.27. The van der Waals surface area contributed by atoms with Gasteiger partial charge >= 0.3 is 6.34 Å². The second-order valence-corrected chi connectivity index (χ2v) is 6.92. The van der Waals surface area contributed by atoms with E-state index in [0.717, 1.165) is 20.6 Å². The fourth-order valence-electron chi connectivity index (χ4n) is 2.66. The first-order valence-corrected chi connectivity index (χ1v) is 9.13. The molecule has 4 rings (SSSR count). The average molecular weight is 470 g/mol. The molecule has 132 valence electrons. The lowest BCUT2D eigenvalue weighted by Crippen LogP contribution is -2.46. The number of hydrogen-bond donors (Lipinski definition) is 0. The molecule has 3 aromatic carbocycles. The van der Waals surface area contributed by atoms with Crippen LogP contribution in [0, 0.1) is 13.7 Å². The first-order chi connectivity index (χ1) is 13.1. The SMILES string of the molecule is O=[N+]([O-])c1ccc(N2N(c3ccccc3)[C+]=NN2c2ccc(I)cc2)cc1. The number of nitrogens with zero attached hydrogens (tertiary/aromatic N) is 5. The van der Waals surface area contributed by atoms with Crippen LogP contribution < -0.4 is 15.2 Å². The summed E-state index contributed by atoms with van der Waals surface area (Å²) in [6, 6.07) is 23.9. The van der Waals surface area contributed by atoms with Gasteiger partial charge < -0.3 is 0 Å². The minimum atomic E-state index is -0.414. The Morgan fingerprint density at radius 2 is 1.48 bits per heavy atom. The molecule has 27 heavy (non-hydrogen) atoms. The van der Waals surface area contributed by atoms with Gasteiger partial charge in [0.15, 0.2) is 0 Å². The summed E-state index contributed by atoms with van der Waals surface area (Å²) in [5.41, 5.74) is 2.47. The molecule has 0 aromatic heterocycles. The van der Waals surface area contributed by atoms with Gasteiger partial charge in [-0.25, -0.2) is 0 Å². The van der Waals surface area contributed by atoms with Crippen LogP contribution in [0.4, 0.5) is 22.7 Å². The molecule has 0 saturated heterocycles. The van der Waals surface area contributed by atoms with Gasteiger partial charge in [0, 0.05) is 32.9 Å². The Hall–Kier alpha value is -3.23. The van der Waals surface area contributed by atoms with Gasteiger partial charge in [0.2, 0.25) is 5.69 Å². The fourth-order valence-corrected chi connectivity index (χ4v) is 3.02. The lowest BCUT2D eigenvalue weighted by atomic mass is 10.3. The zero-order valence-electron chi connectivity index (χ0n) is 13.9. The molecule has 1 aliphatic heterocycles. The number of nitro groups is 1. The molecule has 1 aliphatic rings. The normalized spacial score (nSPS) is 13.0. The topological polar surface area (TPSA) is 65.2 Å².